The van der Waals surface area contributed by atoms with Gasteiger partial charge >= 0.3 is 0 Å². The third-order valence-electron chi connectivity index (χ3n) is 5.41. The first kappa shape index (κ1) is 24.2. The minimum Gasteiger partial charge on any atom is -0.494 e. The SMILES string of the molecule is CCOc1ccc(-c2noc(CNS(=O)(=O)c3ccc(SC)c(C(=O)N4CCCC4)c3)n2)cc1. The maximum atomic E-state index is 12.9. The Hall–Kier alpha value is -2.89. The van der Waals surface area contributed by atoms with Gasteiger partial charge in [0.25, 0.3) is 5.91 Å². The second-order valence-corrected chi connectivity index (χ2v) is 10.3. The lowest BCUT2D eigenvalue weighted by Gasteiger charge is -2.18. The van der Waals surface area contributed by atoms with Gasteiger partial charge in [-0.05, 0) is 68.5 Å². The molecule has 1 aromatic heterocycles. The third-order valence-corrected chi connectivity index (χ3v) is 7.60. The maximum Gasteiger partial charge on any atom is 0.255 e. The standard InChI is InChI=1S/C23H26N4O5S2/c1-3-31-17-8-6-16(7-9-17)22-25-21(32-26-22)15-24-34(29,30)18-10-11-20(33-2)19(14-18)23(28)27-12-4-5-13-27/h6-11,14,24H,3-5,12-13,15H2,1-2H3. The van der Waals surface area contributed by atoms with Crippen LogP contribution in [0.3, 0.4) is 0 Å². The molecule has 0 radical (unpaired) electrons. The van der Waals surface area contributed by atoms with Gasteiger partial charge in [-0.15, -0.1) is 11.8 Å². The molecule has 4 rings (SSSR count). The number of nitrogens with zero attached hydrogens (tertiary/aromatic N) is 3. The molecule has 1 aliphatic rings. The number of thioether (sulfide) groups is 1. The zero-order valence-electron chi connectivity index (χ0n) is 19.0. The topological polar surface area (TPSA) is 115 Å². The lowest BCUT2D eigenvalue weighted by atomic mass is 10.2. The molecule has 0 spiro atoms. The van der Waals surface area contributed by atoms with E-state index in [1.807, 2.05) is 13.2 Å². The maximum absolute atomic E-state index is 12.9. The molecule has 0 bridgehead atoms. The molecule has 0 saturated carbocycles. The van der Waals surface area contributed by atoms with Gasteiger partial charge in [0.05, 0.1) is 23.6 Å². The highest BCUT2D eigenvalue weighted by molar-refractivity contribution is 7.98. The van der Waals surface area contributed by atoms with E-state index in [0.29, 0.717) is 31.1 Å². The molecule has 0 atom stereocenters. The highest BCUT2D eigenvalue weighted by Crippen LogP contribution is 2.26. The number of rotatable bonds is 9. The molecular formula is C23H26N4O5S2. The van der Waals surface area contributed by atoms with Gasteiger partial charge in [-0.2, -0.15) is 4.98 Å². The van der Waals surface area contributed by atoms with Crippen molar-refractivity contribution in [1.82, 2.24) is 19.8 Å². The molecule has 2 heterocycles. The summed E-state index contributed by atoms with van der Waals surface area (Å²) in [4.78, 5) is 19.7. The van der Waals surface area contributed by atoms with E-state index >= 15 is 0 Å². The van der Waals surface area contributed by atoms with E-state index in [-0.39, 0.29) is 23.2 Å². The van der Waals surface area contributed by atoms with E-state index in [9.17, 15) is 13.2 Å². The largest absolute Gasteiger partial charge is 0.494 e. The van der Waals surface area contributed by atoms with Gasteiger partial charge in [-0.1, -0.05) is 5.16 Å². The van der Waals surface area contributed by atoms with E-state index in [1.165, 1.54) is 23.9 Å². The van der Waals surface area contributed by atoms with Crippen LogP contribution in [0.5, 0.6) is 5.75 Å². The number of ether oxygens (including phenoxy) is 1. The monoisotopic (exact) mass is 502 g/mol. The van der Waals surface area contributed by atoms with Crippen LogP contribution in [-0.2, 0) is 16.6 Å². The fourth-order valence-electron chi connectivity index (χ4n) is 3.66. The lowest BCUT2D eigenvalue weighted by Crippen LogP contribution is -2.29. The van der Waals surface area contributed by atoms with Crippen LogP contribution >= 0.6 is 11.8 Å². The lowest BCUT2D eigenvalue weighted by molar-refractivity contribution is 0.0789. The quantitative estimate of drug-likeness (QED) is 0.442. The average molecular weight is 503 g/mol. The van der Waals surface area contributed by atoms with Crippen molar-refractivity contribution in [3.63, 3.8) is 0 Å². The zero-order valence-corrected chi connectivity index (χ0v) is 20.6. The molecule has 0 unspecified atom stereocenters. The summed E-state index contributed by atoms with van der Waals surface area (Å²) in [5.41, 5.74) is 1.12. The third kappa shape index (κ3) is 5.43. The number of aromatic nitrogens is 2. The summed E-state index contributed by atoms with van der Waals surface area (Å²) in [6.45, 7) is 3.68. The van der Waals surface area contributed by atoms with Crippen molar-refractivity contribution < 1.29 is 22.5 Å². The van der Waals surface area contributed by atoms with Crippen LogP contribution in [0, 0.1) is 0 Å². The van der Waals surface area contributed by atoms with Gasteiger partial charge < -0.3 is 14.2 Å². The van der Waals surface area contributed by atoms with Crippen LogP contribution in [0.25, 0.3) is 11.4 Å². The van der Waals surface area contributed by atoms with Crippen molar-refractivity contribution in [3.8, 4) is 17.1 Å². The summed E-state index contributed by atoms with van der Waals surface area (Å²) < 4.78 is 39.0. The van der Waals surface area contributed by atoms with Crippen LogP contribution in [0.4, 0.5) is 0 Å². The Bertz CT molecular complexity index is 1250. The number of hydrogen-bond acceptors (Lipinski definition) is 8. The van der Waals surface area contributed by atoms with Crippen molar-refractivity contribution >= 4 is 27.7 Å². The van der Waals surface area contributed by atoms with Gasteiger partial charge in [0.1, 0.15) is 5.75 Å². The number of benzene rings is 2. The Morgan fingerprint density at radius 1 is 1.18 bits per heavy atom. The smallest absolute Gasteiger partial charge is 0.255 e. The Kier molecular flexibility index (Phi) is 7.54. The summed E-state index contributed by atoms with van der Waals surface area (Å²) in [6, 6.07) is 11.8. The van der Waals surface area contributed by atoms with Crippen molar-refractivity contribution in [2.45, 2.75) is 36.1 Å². The van der Waals surface area contributed by atoms with E-state index < -0.39 is 10.0 Å². The zero-order chi connectivity index (χ0) is 24.1. The molecule has 0 aliphatic carbocycles. The summed E-state index contributed by atoms with van der Waals surface area (Å²) in [7, 11) is -3.90. The molecule has 1 N–H and O–H groups in total. The molecule has 180 valence electrons. The van der Waals surface area contributed by atoms with Gasteiger partial charge in [0, 0.05) is 23.5 Å². The number of sulfonamides is 1. The summed E-state index contributed by atoms with van der Waals surface area (Å²) in [6.07, 6.45) is 3.78. The summed E-state index contributed by atoms with van der Waals surface area (Å²) >= 11 is 1.41. The molecule has 9 nitrogen and oxygen atoms in total. The summed E-state index contributed by atoms with van der Waals surface area (Å²) in [5.74, 6) is 1.07. The van der Waals surface area contributed by atoms with Crippen LogP contribution < -0.4 is 9.46 Å². The number of carbonyl (C=O) groups is 1. The fraction of sp³-hybridized carbons (Fsp3) is 0.348. The van der Waals surface area contributed by atoms with E-state index in [0.717, 1.165) is 29.1 Å². The molecule has 1 aliphatic heterocycles. The van der Waals surface area contributed by atoms with Gasteiger partial charge in [-0.25, -0.2) is 13.1 Å². The Morgan fingerprint density at radius 3 is 2.59 bits per heavy atom. The normalized spacial score (nSPS) is 13.9. The minimum atomic E-state index is -3.90. The second-order valence-electron chi connectivity index (χ2n) is 7.66. The van der Waals surface area contributed by atoms with Crippen LogP contribution in [-0.4, -0.2) is 55.3 Å². The molecule has 11 heteroatoms. The van der Waals surface area contributed by atoms with E-state index in [2.05, 4.69) is 14.9 Å². The number of nitrogens with one attached hydrogen (secondary N) is 1. The van der Waals surface area contributed by atoms with Crippen LogP contribution in [0.1, 0.15) is 36.0 Å². The number of amides is 1. The van der Waals surface area contributed by atoms with Gasteiger partial charge in [0.15, 0.2) is 0 Å². The first-order valence-corrected chi connectivity index (χ1v) is 13.6. The van der Waals surface area contributed by atoms with Crippen LogP contribution in [0.2, 0.25) is 0 Å². The molecule has 1 amide bonds. The van der Waals surface area contributed by atoms with Crippen molar-refractivity contribution in [3.05, 3.63) is 53.9 Å². The minimum absolute atomic E-state index is 0.0131. The highest BCUT2D eigenvalue weighted by Gasteiger charge is 2.25. The van der Waals surface area contributed by atoms with Gasteiger partial charge in [0.2, 0.25) is 21.7 Å². The predicted octanol–water partition coefficient (Wildman–Crippen LogP) is 3.57. The molecule has 1 fully saturated rings. The number of hydrogen-bond donors (Lipinski definition) is 1. The Morgan fingerprint density at radius 2 is 1.91 bits per heavy atom. The van der Waals surface area contributed by atoms with E-state index in [1.54, 1.807) is 35.2 Å². The molecule has 3 aromatic rings. The van der Waals surface area contributed by atoms with Crippen LogP contribution in [0.15, 0.2) is 56.8 Å². The summed E-state index contributed by atoms with van der Waals surface area (Å²) in [5, 5.41) is 3.92. The second kappa shape index (κ2) is 10.6. The predicted molar refractivity (Wildman–Crippen MR) is 128 cm³/mol. The fourth-order valence-corrected chi connectivity index (χ4v) is 5.23. The first-order chi connectivity index (χ1) is 16.4. The Balaban J connectivity index is 1.47. The Labute approximate surface area is 202 Å². The van der Waals surface area contributed by atoms with Gasteiger partial charge in [-0.3, -0.25) is 4.79 Å². The molecule has 2 aromatic carbocycles. The van der Waals surface area contributed by atoms with Crippen molar-refractivity contribution in [2.24, 2.45) is 0 Å². The van der Waals surface area contributed by atoms with Crippen molar-refractivity contribution in [2.75, 3.05) is 26.0 Å². The first-order valence-electron chi connectivity index (χ1n) is 10.9. The van der Waals surface area contributed by atoms with Crippen molar-refractivity contribution in [1.29, 1.82) is 0 Å². The number of likely N-dealkylation sites (tertiary alicyclic amines) is 1. The molecule has 34 heavy (non-hydrogen) atoms. The average Bonchev–Trinajstić information content (AvgIpc) is 3.55. The molecule has 1 saturated heterocycles. The highest BCUT2D eigenvalue weighted by atomic mass is 32.2. The molecular weight excluding hydrogens is 476 g/mol. The number of carbonyl (C=O) groups excluding carboxylic acids is 1. The van der Waals surface area contributed by atoms with E-state index in [4.69, 9.17) is 9.26 Å².